The molecule has 1 N–H and O–H groups in total. The van der Waals surface area contributed by atoms with Crippen molar-refractivity contribution in [1.82, 2.24) is 5.32 Å². The molecule has 0 aromatic carbocycles. The zero-order valence-corrected chi connectivity index (χ0v) is 9.85. The van der Waals surface area contributed by atoms with Crippen LogP contribution in [0.15, 0.2) is 0 Å². The van der Waals surface area contributed by atoms with Gasteiger partial charge in [0.2, 0.25) is 5.91 Å². The predicted octanol–water partition coefficient (Wildman–Crippen LogP) is 2.39. The third-order valence-corrected chi connectivity index (χ3v) is 3.44. The van der Waals surface area contributed by atoms with Gasteiger partial charge in [-0.1, -0.05) is 26.2 Å². The lowest BCUT2D eigenvalue weighted by Crippen LogP contribution is -2.41. The standard InChI is InChI=1S/C11H21NOS/c1-2-10(12-11(13)8-14)9-6-4-3-5-7-9/h9-10,14H,2-8H2,1H3,(H,12,13). The summed E-state index contributed by atoms with van der Waals surface area (Å²) in [6.07, 6.45) is 7.64. The predicted molar refractivity (Wildman–Crippen MR) is 62.6 cm³/mol. The van der Waals surface area contributed by atoms with Gasteiger partial charge in [-0.25, -0.2) is 0 Å². The normalized spacial score (nSPS) is 20.4. The second kappa shape index (κ2) is 6.33. The molecule has 82 valence electrons. The molecule has 1 aliphatic carbocycles. The Morgan fingerprint density at radius 3 is 2.57 bits per heavy atom. The number of hydrogen-bond acceptors (Lipinski definition) is 2. The molecule has 0 heterocycles. The Hall–Kier alpha value is -0.180. The molecule has 3 heteroatoms. The average molecular weight is 215 g/mol. The highest BCUT2D eigenvalue weighted by Crippen LogP contribution is 2.27. The van der Waals surface area contributed by atoms with E-state index in [1.165, 1.54) is 32.1 Å². The summed E-state index contributed by atoms with van der Waals surface area (Å²) in [5, 5.41) is 3.07. The third-order valence-electron chi connectivity index (χ3n) is 3.15. The van der Waals surface area contributed by atoms with E-state index in [-0.39, 0.29) is 5.91 Å². The van der Waals surface area contributed by atoms with Crippen molar-refractivity contribution >= 4 is 18.5 Å². The SMILES string of the molecule is CCC(NC(=O)CS)C1CCCCC1. The van der Waals surface area contributed by atoms with Crippen LogP contribution < -0.4 is 5.32 Å². The number of thiol groups is 1. The summed E-state index contributed by atoms with van der Waals surface area (Å²) in [4.78, 5) is 11.2. The molecule has 0 aromatic rings. The van der Waals surface area contributed by atoms with E-state index in [2.05, 4.69) is 24.9 Å². The summed E-state index contributed by atoms with van der Waals surface area (Å²) in [5.74, 6) is 1.09. The largest absolute Gasteiger partial charge is 0.352 e. The summed E-state index contributed by atoms with van der Waals surface area (Å²) < 4.78 is 0. The highest BCUT2D eigenvalue weighted by atomic mass is 32.1. The summed E-state index contributed by atoms with van der Waals surface area (Å²) in [7, 11) is 0. The molecule has 14 heavy (non-hydrogen) atoms. The lowest BCUT2D eigenvalue weighted by Gasteiger charge is -2.30. The zero-order chi connectivity index (χ0) is 10.4. The van der Waals surface area contributed by atoms with Crippen LogP contribution in [-0.2, 0) is 4.79 Å². The van der Waals surface area contributed by atoms with Crippen LogP contribution in [0.4, 0.5) is 0 Å². The van der Waals surface area contributed by atoms with E-state index in [9.17, 15) is 4.79 Å². The third kappa shape index (κ3) is 3.52. The maximum absolute atomic E-state index is 11.2. The van der Waals surface area contributed by atoms with Gasteiger partial charge < -0.3 is 5.32 Å². The first kappa shape index (κ1) is 11.9. The molecule has 0 spiro atoms. The number of carbonyl (C=O) groups is 1. The first-order chi connectivity index (χ1) is 6.77. The molecule has 0 aliphatic heterocycles. The summed E-state index contributed by atoms with van der Waals surface area (Å²) in [5.41, 5.74) is 0. The van der Waals surface area contributed by atoms with E-state index in [1.54, 1.807) is 0 Å². The van der Waals surface area contributed by atoms with Crippen molar-refractivity contribution in [1.29, 1.82) is 0 Å². The molecule has 1 unspecified atom stereocenters. The Labute approximate surface area is 92.2 Å². The van der Waals surface area contributed by atoms with Crippen molar-refractivity contribution in [2.24, 2.45) is 5.92 Å². The highest BCUT2D eigenvalue weighted by molar-refractivity contribution is 7.81. The maximum Gasteiger partial charge on any atom is 0.229 e. The summed E-state index contributed by atoms with van der Waals surface area (Å²) >= 11 is 3.98. The van der Waals surface area contributed by atoms with Crippen LogP contribution in [0.3, 0.4) is 0 Å². The maximum atomic E-state index is 11.2. The fourth-order valence-corrected chi connectivity index (χ4v) is 2.43. The van der Waals surface area contributed by atoms with Crippen LogP contribution in [0.2, 0.25) is 0 Å². The fraction of sp³-hybridized carbons (Fsp3) is 0.909. The van der Waals surface area contributed by atoms with E-state index < -0.39 is 0 Å². The van der Waals surface area contributed by atoms with Gasteiger partial charge in [-0.15, -0.1) is 0 Å². The number of nitrogens with one attached hydrogen (secondary N) is 1. The van der Waals surface area contributed by atoms with Crippen LogP contribution in [0.1, 0.15) is 45.4 Å². The minimum absolute atomic E-state index is 0.0748. The molecule has 1 fully saturated rings. The molecule has 1 amide bonds. The van der Waals surface area contributed by atoms with Crippen LogP contribution in [0, 0.1) is 5.92 Å². The van der Waals surface area contributed by atoms with E-state index in [0.29, 0.717) is 17.7 Å². The van der Waals surface area contributed by atoms with E-state index in [1.807, 2.05) is 0 Å². The van der Waals surface area contributed by atoms with E-state index >= 15 is 0 Å². The molecule has 0 radical (unpaired) electrons. The lowest BCUT2D eigenvalue weighted by atomic mass is 9.83. The molecule has 2 nitrogen and oxygen atoms in total. The van der Waals surface area contributed by atoms with Crippen LogP contribution in [-0.4, -0.2) is 17.7 Å². The van der Waals surface area contributed by atoms with Crippen molar-refractivity contribution in [3.05, 3.63) is 0 Å². The van der Waals surface area contributed by atoms with Crippen molar-refractivity contribution in [3.63, 3.8) is 0 Å². The van der Waals surface area contributed by atoms with Gasteiger partial charge in [0.15, 0.2) is 0 Å². The molecule has 1 atom stereocenters. The zero-order valence-electron chi connectivity index (χ0n) is 8.96. The van der Waals surface area contributed by atoms with Crippen molar-refractivity contribution in [2.45, 2.75) is 51.5 Å². The molecule has 1 aliphatic rings. The molecule has 0 bridgehead atoms. The Morgan fingerprint density at radius 1 is 1.43 bits per heavy atom. The van der Waals surface area contributed by atoms with Gasteiger partial charge in [-0.2, -0.15) is 12.6 Å². The summed E-state index contributed by atoms with van der Waals surface area (Å²) in [6.45, 7) is 2.15. The Balaban J connectivity index is 2.39. The van der Waals surface area contributed by atoms with E-state index in [4.69, 9.17) is 0 Å². The number of rotatable bonds is 4. The first-order valence-corrected chi connectivity index (χ1v) is 6.31. The number of carbonyl (C=O) groups excluding carboxylic acids is 1. The molecular formula is C11H21NOS. The van der Waals surface area contributed by atoms with Gasteiger partial charge in [0, 0.05) is 6.04 Å². The van der Waals surface area contributed by atoms with Crippen LogP contribution >= 0.6 is 12.6 Å². The molecule has 1 rings (SSSR count). The van der Waals surface area contributed by atoms with Crippen molar-refractivity contribution in [2.75, 3.05) is 5.75 Å². The number of hydrogen-bond donors (Lipinski definition) is 2. The van der Waals surface area contributed by atoms with Crippen molar-refractivity contribution < 1.29 is 4.79 Å². The quantitative estimate of drug-likeness (QED) is 0.693. The minimum atomic E-state index is 0.0748. The van der Waals surface area contributed by atoms with Crippen molar-refractivity contribution in [3.8, 4) is 0 Å². The Bertz CT molecular complexity index is 178. The van der Waals surface area contributed by atoms with Gasteiger partial charge in [0.25, 0.3) is 0 Å². The van der Waals surface area contributed by atoms with Gasteiger partial charge in [0.05, 0.1) is 5.75 Å². The molecule has 0 aromatic heterocycles. The number of amides is 1. The Kier molecular flexibility index (Phi) is 5.38. The topological polar surface area (TPSA) is 29.1 Å². The van der Waals surface area contributed by atoms with Gasteiger partial charge in [-0.3, -0.25) is 4.79 Å². The monoisotopic (exact) mass is 215 g/mol. The van der Waals surface area contributed by atoms with Gasteiger partial charge in [-0.05, 0) is 25.2 Å². The van der Waals surface area contributed by atoms with Gasteiger partial charge >= 0.3 is 0 Å². The Morgan fingerprint density at radius 2 is 2.07 bits per heavy atom. The van der Waals surface area contributed by atoms with Crippen LogP contribution in [0.25, 0.3) is 0 Å². The second-order valence-electron chi connectivity index (χ2n) is 4.14. The van der Waals surface area contributed by atoms with Crippen LogP contribution in [0.5, 0.6) is 0 Å². The molecular weight excluding hydrogens is 194 g/mol. The highest BCUT2D eigenvalue weighted by Gasteiger charge is 2.22. The second-order valence-corrected chi connectivity index (χ2v) is 4.45. The van der Waals surface area contributed by atoms with Gasteiger partial charge in [0.1, 0.15) is 0 Å². The summed E-state index contributed by atoms with van der Waals surface area (Å²) in [6, 6.07) is 0.384. The fourth-order valence-electron chi connectivity index (χ4n) is 2.34. The molecule has 0 saturated heterocycles. The smallest absolute Gasteiger partial charge is 0.229 e. The first-order valence-electron chi connectivity index (χ1n) is 5.68. The average Bonchev–Trinajstić information content (AvgIpc) is 2.26. The molecule has 1 saturated carbocycles. The lowest BCUT2D eigenvalue weighted by molar-refractivity contribution is -0.119. The van der Waals surface area contributed by atoms with E-state index in [0.717, 1.165) is 6.42 Å². The minimum Gasteiger partial charge on any atom is -0.352 e.